The highest BCUT2D eigenvalue weighted by Crippen LogP contribution is 2.40. The molecule has 0 amide bonds. The molecular formula is C28H33F3N4O. The van der Waals surface area contributed by atoms with Gasteiger partial charge in [0.05, 0.1) is 11.6 Å². The molecule has 1 aliphatic carbocycles. The molecule has 8 heteroatoms. The minimum Gasteiger partial charge on any atom is -0.406 e. The Kier molecular flexibility index (Phi) is 8.55. The van der Waals surface area contributed by atoms with Gasteiger partial charge >= 0.3 is 6.36 Å². The second-order valence-corrected chi connectivity index (χ2v) is 9.48. The van der Waals surface area contributed by atoms with Gasteiger partial charge in [-0.1, -0.05) is 31.4 Å². The molecule has 1 atom stereocenters. The van der Waals surface area contributed by atoms with Crippen LogP contribution in [-0.2, 0) is 0 Å². The number of aromatic nitrogens is 1. The highest BCUT2D eigenvalue weighted by atomic mass is 19.4. The number of hydrogen-bond donors (Lipinski definition) is 2. The fourth-order valence-electron chi connectivity index (χ4n) is 5.32. The van der Waals surface area contributed by atoms with E-state index in [9.17, 15) is 18.4 Å². The standard InChI is InChI=1S/C28H33F3N4O/c29-28(30,31)36-23-9-4-6-21(17-23)24(12-15-34-14-5-13-32)26-19-35(22-7-2-1-3-8-22)27-11-10-20(18-33)16-25(26)27/h4,6,9-11,16-17,19,22,24,34H,1-3,5,7-8,12-15,32H2. The van der Waals surface area contributed by atoms with Crippen molar-refractivity contribution in [2.24, 2.45) is 5.73 Å². The Balaban J connectivity index is 1.77. The van der Waals surface area contributed by atoms with Crippen molar-refractivity contribution in [3.05, 3.63) is 65.4 Å². The lowest BCUT2D eigenvalue weighted by Gasteiger charge is -2.24. The van der Waals surface area contributed by atoms with Gasteiger partial charge in [0.2, 0.25) is 0 Å². The van der Waals surface area contributed by atoms with Crippen LogP contribution in [0.5, 0.6) is 5.75 Å². The van der Waals surface area contributed by atoms with E-state index in [2.05, 4.69) is 26.9 Å². The number of fused-ring (bicyclic) bond motifs is 1. The molecule has 1 heterocycles. The summed E-state index contributed by atoms with van der Waals surface area (Å²) in [6.07, 6.45) is 4.76. The number of alkyl halides is 3. The molecule has 0 saturated heterocycles. The maximum Gasteiger partial charge on any atom is 0.573 e. The van der Waals surface area contributed by atoms with Crippen molar-refractivity contribution in [3.8, 4) is 11.8 Å². The fraction of sp³-hybridized carbons (Fsp3) is 0.464. The maximum atomic E-state index is 12.9. The molecule has 1 unspecified atom stereocenters. The van der Waals surface area contributed by atoms with Crippen molar-refractivity contribution in [2.75, 3.05) is 19.6 Å². The van der Waals surface area contributed by atoms with Crippen LogP contribution < -0.4 is 15.8 Å². The van der Waals surface area contributed by atoms with E-state index in [0.29, 0.717) is 31.1 Å². The summed E-state index contributed by atoms with van der Waals surface area (Å²) in [4.78, 5) is 0. The third-order valence-corrected chi connectivity index (χ3v) is 7.00. The number of nitrogens with two attached hydrogens (primary N) is 1. The minimum absolute atomic E-state index is 0.173. The van der Waals surface area contributed by atoms with Gasteiger partial charge in [-0.2, -0.15) is 5.26 Å². The molecule has 0 bridgehead atoms. The largest absolute Gasteiger partial charge is 0.573 e. The van der Waals surface area contributed by atoms with Crippen LogP contribution in [-0.4, -0.2) is 30.6 Å². The van der Waals surface area contributed by atoms with Gasteiger partial charge in [0.15, 0.2) is 0 Å². The van der Waals surface area contributed by atoms with Crippen LogP contribution in [0, 0.1) is 11.3 Å². The van der Waals surface area contributed by atoms with Crippen molar-refractivity contribution >= 4 is 10.9 Å². The Morgan fingerprint density at radius 1 is 1.11 bits per heavy atom. The smallest absolute Gasteiger partial charge is 0.406 e. The molecule has 1 aromatic heterocycles. The Bertz CT molecular complexity index is 1190. The number of rotatable bonds is 10. The first kappa shape index (κ1) is 26.1. The summed E-state index contributed by atoms with van der Waals surface area (Å²) < 4.78 is 45.4. The van der Waals surface area contributed by atoms with E-state index in [1.165, 1.54) is 31.4 Å². The lowest BCUT2D eigenvalue weighted by Crippen LogP contribution is -2.21. The van der Waals surface area contributed by atoms with Crippen LogP contribution in [0.25, 0.3) is 10.9 Å². The van der Waals surface area contributed by atoms with E-state index in [0.717, 1.165) is 47.8 Å². The van der Waals surface area contributed by atoms with Crippen LogP contribution in [0.2, 0.25) is 0 Å². The summed E-state index contributed by atoms with van der Waals surface area (Å²) in [5.41, 5.74) is 9.02. The molecular weight excluding hydrogens is 465 g/mol. The number of halogens is 3. The summed E-state index contributed by atoms with van der Waals surface area (Å²) in [7, 11) is 0. The molecule has 1 fully saturated rings. The van der Waals surface area contributed by atoms with Gasteiger partial charge < -0.3 is 20.4 Å². The SMILES string of the molecule is N#Cc1ccc2c(c1)c(C(CCNCCCN)c1cccc(OC(F)(F)F)c1)cn2C1CCCCC1. The normalized spacial score (nSPS) is 15.6. The van der Waals surface area contributed by atoms with E-state index in [1.807, 2.05) is 24.3 Å². The summed E-state index contributed by atoms with van der Waals surface area (Å²) in [5.74, 6) is -0.400. The quantitative estimate of drug-likeness (QED) is 0.318. The average Bonchev–Trinajstić information content (AvgIpc) is 3.24. The molecule has 3 N–H and O–H groups in total. The summed E-state index contributed by atoms with van der Waals surface area (Å²) >= 11 is 0. The first-order valence-electron chi connectivity index (χ1n) is 12.7. The van der Waals surface area contributed by atoms with Crippen LogP contribution in [0.15, 0.2) is 48.7 Å². The van der Waals surface area contributed by atoms with Crippen molar-refractivity contribution in [1.82, 2.24) is 9.88 Å². The number of nitriles is 1. The van der Waals surface area contributed by atoms with E-state index in [4.69, 9.17) is 5.73 Å². The molecule has 1 aliphatic rings. The predicted octanol–water partition coefficient (Wildman–Crippen LogP) is 6.38. The van der Waals surface area contributed by atoms with Gasteiger partial charge in [-0.3, -0.25) is 0 Å². The number of benzene rings is 2. The van der Waals surface area contributed by atoms with Crippen LogP contribution >= 0.6 is 0 Å². The van der Waals surface area contributed by atoms with Gasteiger partial charge in [0.1, 0.15) is 5.75 Å². The van der Waals surface area contributed by atoms with Crippen molar-refractivity contribution in [1.29, 1.82) is 5.26 Å². The molecule has 192 valence electrons. The summed E-state index contributed by atoms with van der Waals surface area (Å²) in [6.45, 7) is 2.06. The van der Waals surface area contributed by atoms with Gasteiger partial charge in [-0.25, -0.2) is 0 Å². The zero-order valence-corrected chi connectivity index (χ0v) is 20.4. The topological polar surface area (TPSA) is 76.0 Å². The predicted molar refractivity (Wildman–Crippen MR) is 135 cm³/mol. The highest BCUT2D eigenvalue weighted by molar-refractivity contribution is 5.86. The van der Waals surface area contributed by atoms with E-state index < -0.39 is 6.36 Å². The van der Waals surface area contributed by atoms with Gasteiger partial charge in [0, 0.05) is 29.1 Å². The van der Waals surface area contributed by atoms with Crippen LogP contribution in [0.4, 0.5) is 13.2 Å². The van der Waals surface area contributed by atoms with Crippen molar-refractivity contribution < 1.29 is 17.9 Å². The third kappa shape index (κ3) is 6.40. The molecule has 1 saturated carbocycles. The van der Waals surface area contributed by atoms with Gasteiger partial charge in [-0.05, 0) is 86.8 Å². The molecule has 0 spiro atoms. The molecule has 0 aliphatic heterocycles. The Hall–Kier alpha value is -3.02. The first-order chi connectivity index (χ1) is 17.4. The lowest BCUT2D eigenvalue weighted by atomic mass is 9.88. The number of ether oxygens (including phenoxy) is 1. The molecule has 36 heavy (non-hydrogen) atoms. The fourth-order valence-corrected chi connectivity index (χ4v) is 5.32. The van der Waals surface area contributed by atoms with Crippen LogP contribution in [0.3, 0.4) is 0 Å². The molecule has 0 radical (unpaired) electrons. The molecule has 2 aromatic carbocycles. The summed E-state index contributed by atoms with van der Waals surface area (Å²) in [6, 6.07) is 14.6. The maximum absolute atomic E-state index is 12.9. The summed E-state index contributed by atoms with van der Waals surface area (Å²) in [5, 5.41) is 13.9. The number of nitrogens with one attached hydrogen (secondary N) is 1. The number of hydrogen-bond acceptors (Lipinski definition) is 4. The second-order valence-electron chi connectivity index (χ2n) is 9.48. The minimum atomic E-state index is -4.75. The molecule has 4 rings (SSSR count). The Morgan fingerprint density at radius 2 is 1.92 bits per heavy atom. The highest BCUT2D eigenvalue weighted by Gasteiger charge is 2.31. The Labute approximate surface area is 210 Å². The average molecular weight is 499 g/mol. The van der Waals surface area contributed by atoms with Gasteiger partial charge in [-0.15, -0.1) is 13.2 Å². The second kappa shape index (κ2) is 11.8. The zero-order chi connectivity index (χ0) is 25.5. The number of nitrogens with zero attached hydrogens (tertiary/aromatic N) is 2. The van der Waals surface area contributed by atoms with Crippen molar-refractivity contribution in [3.63, 3.8) is 0 Å². The van der Waals surface area contributed by atoms with Crippen molar-refractivity contribution in [2.45, 2.75) is 63.3 Å². The lowest BCUT2D eigenvalue weighted by molar-refractivity contribution is -0.274. The van der Waals surface area contributed by atoms with Crippen LogP contribution in [0.1, 0.15) is 73.6 Å². The first-order valence-corrected chi connectivity index (χ1v) is 12.7. The molecule has 3 aromatic rings. The van der Waals surface area contributed by atoms with Gasteiger partial charge in [0.25, 0.3) is 0 Å². The monoisotopic (exact) mass is 498 g/mol. The Morgan fingerprint density at radius 3 is 2.64 bits per heavy atom. The van der Waals surface area contributed by atoms with E-state index in [-0.39, 0.29) is 11.7 Å². The molecule has 5 nitrogen and oxygen atoms in total. The third-order valence-electron chi connectivity index (χ3n) is 7.00. The van der Waals surface area contributed by atoms with E-state index in [1.54, 1.807) is 6.07 Å². The zero-order valence-electron chi connectivity index (χ0n) is 20.4. The van der Waals surface area contributed by atoms with E-state index >= 15 is 0 Å².